The largest absolute Gasteiger partial charge is 0.398 e. The lowest BCUT2D eigenvalue weighted by molar-refractivity contribution is -0.128. The van der Waals surface area contributed by atoms with E-state index in [1.165, 1.54) is 4.90 Å². The van der Waals surface area contributed by atoms with Crippen molar-refractivity contribution in [3.63, 3.8) is 0 Å². The quantitative estimate of drug-likeness (QED) is 0.757. The van der Waals surface area contributed by atoms with Crippen molar-refractivity contribution in [3.8, 4) is 0 Å². The summed E-state index contributed by atoms with van der Waals surface area (Å²) in [6.45, 7) is 1.84. The van der Waals surface area contributed by atoms with Crippen LogP contribution in [-0.4, -0.2) is 39.4 Å². The third-order valence-corrected chi connectivity index (χ3v) is 4.72. The number of sulfonamides is 1. The number of benzene rings is 1. The molecule has 3 N–H and O–H groups in total. The van der Waals surface area contributed by atoms with Crippen LogP contribution in [0.25, 0.3) is 0 Å². The molecule has 0 aromatic heterocycles. The summed E-state index contributed by atoms with van der Waals surface area (Å²) in [5, 5.41) is 0. The van der Waals surface area contributed by atoms with Crippen LogP contribution in [0.2, 0.25) is 0 Å². The summed E-state index contributed by atoms with van der Waals surface area (Å²) in [6.07, 6.45) is 0. The van der Waals surface area contributed by atoms with Gasteiger partial charge in [0.2, 0.25) is 15.9 Å². The maximum absolute atomic E-state index is 13.2. The molecule has 0 radical (unpaired) electrons. The van der Waals surface area contributed by atoms with Crippen molar-refractivity contribution in [3.05, 3.63) is 22.4 Å². The summed E-state index contributed by atoms with van der Waals surface area (Å²) in [5.74, 6) is -1.04. The van der Waals surface area contributed by atoms with Crippen LogP contribution in [-0.2, 0) is 14.8 Å². The summed E-state index contributed by atoms with van der Waals surface area (Å²) < 4.78 is 39.4. The minimum absolute atomic E-state index is 0.0240. The normalized spacial score (nSPS) is 11.4. The van der Waals surface area contributed by atoms with E-state index in [0.717, 1.165) is 12.1 Å². The molecule has 0 aliphatic heterocycles. The molecular formula is C11H15BrFN3O3S. The molecule has 1 aromatic carbocycles. The van der Waals surface area contributed by atoms with Gasteiger partial charge in [-0.05, 0) is 35.0 Å². The Morgan fingerprint density at radius 3 is 2.65 bits per heavy atom. The molecule has 0 bridgehead atoms. The van der Waals surface area contributed by atoms with Crippen molar-refractivity contribution >= 4 is 37.5 Å². The average molecular weight is 368 g/mol. The molecule has 112 valence electrons. The van der Waals surface area contributed by atoms with Gasteiger partial charge in [0.1, 0.15) is 10.7 Å². The Morgan fingerprint density at radius 2 is 2.10 bits per heavy atom. The molecule has 20 heavy (non-hydrogen) atoms. The lowest BCUT2D eigenvalue weighted by Gasteiger charge is -2.15. The molecule has 9 heteroatoms. The third-order valence-electron chi connectivity index (χ3n) is 2.66. The van der Waals surface area contributed by atoms with E-state index in [9.17, 15) is 17.6 Å². The Bertz CT molecular complexity index is 622. The maximum atomic E-state index is 13.2. The molecule has 0 aliphatic rings. The van der Waals surface area contributed by atoms with Crippen molar-refractivity contribution in [1.29, 1.82) is 0 Å². The van der Waals surface area contributed by atoms with Crippen LogP contribution in [0, 0.1) is 5.82 Å². The molecule has 0 saturated heterocycles. The number of nitrogens with two attached hydrogens (primary N) is 1. The van der Waals surface area contributed by atoms with Gasteiger partial charge in [-0.2, -0.15) is 0 Å². The fourth-order valence-electron chi connectivity index (χ4n) is 1.32. The van der Waals surface area contributed by atoms with E-state index in [1.807, 2.05) is 0 Å². The average Bonchev–Trinajstić information content (AvgIpc) is 2.39. The van der Waals surface area contributed by atoms with Gasteiger partial charge in [0, 0.05) is 13.6 Å². The number of likely N-dealkylation sites (N-methyl/N-ethyl adjacent to an activating group) is 1. The van der Waals surface area contributed by atoms with Crippen LogP contribution >= 0.6 is 15.9 Å². The molecule has 0 saturated carbocycles. The first-order chi connectivity index (χ1) is 9.19. The molecule has 0 unspecified atom stereocenters. The van der Waals surface area contributed by atoms with Gasteiger partial charge in [-0.3, -0.25) is 4.79 Å². The van der Waals surface area contributed by atoms with Crippen molar-refractivity contribution in [1.82, 2.24) is 9.62 Å². The van der Waals surface area contributed by atoms with Crippen molar-refractivity contribution in [2.75, 3.05) is 25.9 Å². The number of amides is 1. The number of nitrogens with zero attached hydrogens (tertiary/aromatic N) is 1. The molecule has 1 rings (SSSR count). The Hall–Kier alpha value is -1.19. The Labute approximate surface area is 125 Å². The lowest BCUT2D eigenvalue weighted by atomic mass is 10.3. The molecule has 1 aromatic rings. The second kappa shape index (κ2) is 6.51. The van der Waals surface area contributed by atoms with Crippen molar-refractivity contribution in [2.24, 2.45) is 0 Å². The zero-order valence-electron chi connectivity index (χ0n) is 11.0. The van der Waals surface area contributed by atoms with Crippen molar-refractivity contribution < 1.29 is 17.6 Å². The van der Waals surface area contributed by atoms with Gasteiger partial charge < -0.3 is 10.6 Å². The minimum atomic E-state index is -3.99. The smallest absolute Gasteiger partial charge is 0.243 e. The molecule has 0 heterocycles. The molecular weight excluding hydrogens is 353 g/mol. The van der Waals surface area contributed by atoms with E-state index in [2.05, 4.69) is 20.7 Å². The summed E-state index contributed by atoms with van der Waals surface area (Å²) in [5.41, 5.74) is 5.27. The van der Waals surface area contributed by atoms with E-state index in [4.69, 9.17) is 5.73 Å². The number of carbonyl (C=O) groups excluding carboxylic acids is 1. The third kappa shape index (κ3) is 3.90. The number of halogens is 2. The minimum Gasteiger partial charge on any atom is -0.398 e. The van der Waals surface area contributed by atoms with Crippen LogP contribution in [0.15, 0.2) is 21.5 Å². The molecule has 6 nitrogen and oxygen atoms in total. The Kier molecular flexibility index (Phi) is 5.49. The highest BCUT2D eigenvalue weighted by molar-refractivity contribution is 9.10. The molecule has 0 spiro atoms. The van der Waals surface area contributed by atoms with Crippen LogP contribution in [0.5, 0.6) is 0 Å². The molecule has 1 amide bonds. The monoisotopic (exact) mass is 367 g/mol. The first-order valence-corrected chi connectivity index (χ1v) is 7.94. The number of hydrogen-bond acceptors (Lipinski definition) is 4. The van der Waals surface area contributed by atoms with Gasteiger partial charge in [0.05, 0.1) is 16.7 Å². The van der Waals surface area contributed by atoms with E-state index < -0.39 is 15.8 Å². The number of nitrogens with one attached hydrogen (secondary N) is 1. The zero-order valence-corrected chi connectivity index (χ0v) is 13.4. The summed E-state index contributed by atoms with van der Waals surface area (Å²) in [4.78, 5) is 12.6. The summed E-state index contributed by atoms with van der Waals surface area (Å²) in [7, 11) is -2.43. The second-order valence-corrected chi connectivity index (χ2v) is 6.63. The highest BCUT2D eigenvalue weighted by Gasteiger charge is 2.21. The molecule has 0 aliphatic carbocycles. The van der Waals surface area contributed by atoms with Gasteiger partial charge in [-0.1, -0.05) is 0 Å². The zero-order chi connectivity index (χ0) is 15.5. The van der Waals surface area contributed by atoms with E-state index >= 15 is 0 Å². The molecule has 0 atom stereocenters. The standard InChI is InChI=1S/C11H15BrFN3O3S/c1-3-16(2)11(17)6-15-20(18,19)10-4-7(12)8(13)5-9(10)14/h4-5,15H,3,6,14H2,1-2H3. The number of rotatable bonds is 5. The SMILES string of the molecule is CCN(C)C(=O)CNS(=O)(=O)c1cc(Br)c(F)cc1N. The van der Waals surface area contributed by atoms with Crippen LogP contribution in [0.1, 0.15) is 6.92 Å². The number of hydrogen-bond donors (Lipinski definition) is 2. The molecule has 0 fully saturated rings. The first kappa shape index (κ1) is 16.9. The fraction of sp³-hybridized carbons (Fsp3) is 0.364. The number of nitrogen functional groups attached to an aromatic ring is 1. The summed E-state index contributed by atoms with van der Waals surface area (Å²) in [6, 6.07) is 1.96. The van der Waals surface area contributed by atoms with Gasteiger partial charge in [0.25, 0.3) is 0 Å². The van der Waals surface area contributed by atoms with Crippen LogP contribution in [0.3, 0.4) is 0 Å². The Balaban J connectivity index is 2.95. The highest BCUT2D eigenvalue weighted by atomic mass is 79.9. The second-order valence-electron chi connectivity index (χ2n) is 4.04. The van der Waals surface area contributed by atoms with Gasteiger partial charge in [-0.15, -0.1) is 0 Å². The topological polar surface area (TPSA) is 92.5 Å². The number of carbonyl (C=O) groups is 1. The maximum Gasteiger partial charge on any atom is 0.243 e. The van der Waals surface area contributed by atoms with Crippen LogP contribution < -0.4 is 10.5 Å². The number of anilines is 1. The van der Waals surface area contributed by atoms with Gasteiger partial charge >= 0.3 is 0 Å². The predicted molar refractivity (Wildman–Crippen MR) is 77.0 cm³/mol. The fourth-order valence-corrected chi connectivity index (χ4v) is 2.93. The van der Waals surface area contributed by atoms with Crippen molar-refractivity contribution in [2.45, 2.75) is 11.8 Å². The summed E-state index contributed by atoms with van der Waals surface area (Å²) >= 11 is 2.89. The highest BCUT2D eigenvalue weighted by Crippen LogP contribution is 2.25. The van der Waals surface area contributed by atoms with E-state index in [0.29, 0.717) is 6.54 Å². The lowest BCUT2D eigenvalue weighted by Crippen LogP contribution is -2.38. The van der Waals surface area contributed by atoms with E-state index in [1.54, 1.807) is 14.0 Å². The van der Waals surface area contributed by atoms with E-state index in [-0.39, 0.29) is 27.5 Å². The first-order valence-electron chi connectivity index (χ1n) is 5.67. The Morgan fingerprint density at radius 1 is 1.50 bits per heavy atom. The van der Waals surface area contributed by atoms with Crippen LogP contribution in [0.4, 0.5) is 10.1 Å². The van der Waals surface area contributed by atoms with Gasteiger partial charge in [0.15, 0.2) is 0 Å². The predicted octanol–water partition coefficient (Wildman–Crippen LogP) is 0.927. The van der Waals surface area contributed by atoms with Gasteiger partial charge in [-0.25, -0.2) is 17.5 Å².